The van der Waals surface area contributed by atoms with Crippen LogP contribution in [-0.2, 0) is 11.2 Å². The van der Waals surface area contributed by atoms with E-state index in [1.165, 1.54) is 0 Å². The largest absolute Gasteiger partial charge is 0.497 e. The first-order valence-electron chi connectivity index (χ1n) is 8.81. The first kappa shape index (κ1) is 17.5. The van der Waals surface area contributed by atoms with Crippen LogP contribution >= 0.6 is 0 Å². The molecule has 0 spiro atoms. The van der Waals surface area contributed by atoms with Gasteiger partial charge in [0.25, 0.3) is 0 Å². The maximum Gasteiger partial charge on any atom is 0.223 e. The molecule has 2 aromatic rings. The van der Waals surface area contributed by atoms with Gasteiger partial charge in [-0.15, -0.1) is 0 Å². The van der Waals surface area contributed by atoms with E-state index in [0.29, 0.717) is 25.0 Å². The van der Waals surface area contributed by atoms with Gasteiger partial charge in [0.15, 0.2) is 0 Å². The van der Waals surface area contributed by atoms with Crippen molar-refractivity contribution in [2.24, 2.45) is 0 Å². The Morgan fingerprint density at radius 2 is 2.28 bits per heavy atom. The summed E-state index contributed by atoms with van der Waals surface area (Å²) in [6.45, 7) is 0.770. The van der Waals surface area contributed by atoms with E-state index in [-0.39, 0.29) is 11.9 Å². The quantitative estimate of drug-likeness (QED) is 0.837. The number of nitrogens with zero attached hydrogens (tertiary/aromatic N) is 1. The van der Waals surface area contributed by atoms with Crippen LogP contribution in [-0.4, -0.2) is 35.6 Å². The van der Waals surface area contributed by atoms with Crippen molar-refractivity contribution in [1.82, 2.24) is 4.90 Å². The zero-order valence-electron chi connectivity index (χ0n) is 14.6. The molecular weight excluding hydrogens is 318 g/mol. The molecule has 0 unspecified atom stereocenters. The van der Waals surface area contributed by atoms with Crippen molar-refractivity contribution in [3.8, 4) is 5.75 Å². The SMILES string of the molecule is COc1cccc(CCC(=O)N2CCC[C@@H]2C[C@@H](O)c2ccco2)c1. The number of aliphatic hydroxyl groups is 1. The van der Waals surface area contributed by atoms with Gasteiger partial charge in [0.2, 0.25) is 5.91 Å². The second kappa shape index (κ2) is 8.21. The highest BCUT2D eigenvalue weighted by atomic mass is 16.5. The zero-order chi connectivity index (χ0) is 17.6. The average molecular weight is 343 g/mol. The van der Waals surface area contributed by atoms with E-state index in [1.807, 2.05) is 29.2 Å². The van der Waals surface area contributed by atoms with Crippen LogP contribution in [0.25, 0.3) is 0 Å². The van der Waals surface area contributed by atoms with Crippen molar-refractivity contribution < 1.29 is 19.1 Å². The van der Waals surface area contributed by atoms with Crippen LogP contribution in [0.5, 0.6) is 5.75 Å². The average Bonchev–Trinajstić information content (AvgIpc) is 3.31. The van der Waals surface area contributed by atoms with E-state index >= 15 is 0 Å². The van der Waals surface area contributed by atoms with Crippen molar-refractivity contribution in [1.29, 1.82) is 0 Å². The summed E-state index contributed by atoms with van der Waals surface area (Å²) in [6, 6.07) is 11.4. The fourth-order valence-corrected chi connectivity index (χ4v) is 3.49. The predicted molar refractivity (Wildman–Crippen MR) is 94.3 cm³/mol. The molecule has 1 aliphatic heterocycles. The monoisotopic (exact) mass is 343 g/mol. The lowest BCUT2D eigenvalue weighted by atomic mass is 10.0. The molecule has 5 nitrogen and oxygen atoms in total. The van der Waals surface area contributed by atoms with Gasteiger partial charge < -0.3 is 19.2 Å². The highest BCUT2D eigenvalue weighted by molar-refractivity contribution is 5.77. The Morgan fingerprint density at radius 1 is 1.40 bits per heavy atom. The number of aryl methyl sites for hydroxylation is 1. The summed E-state index contributed by atoms with van der Waals surface area (Å²) in [7, 11) is 1.64. The molecule has 0 saturated carbocycles. The topological polar surface area (TPSA) is 62.9 Å². The molecule has 0 radical (unpaired) electrons. The van der Waals surface area contributed by atoms with Gasteiger partial charge in [-0.2, -0.15) is 0 Å². The molecule has 1 aromatic carbocycles. The summed E-state index contributed by atoms with van der Waals surface area (Å²) in [5.41, 5.74) is 1.10. The number of amides is 1. The molecule has 1 N–H and O–H groups in total. The smallest absolute Gasteiger partial charge is 0.223 e. The van der Waals surface area contributed by atoms with Gasteiger partial charge in [-0.1, -0.05) is 12.1 Å². The zero-order valence-corrected chi connectivity index (χ0v) is 14.6. The lowest BCUT2D eigenvalue weighted by Gasteiger charge is -2.26. The molecule has 1 aromatic heterocycles. The van der Waals surface area contributed by atoms with Crippen LogP contribution in [0.3, 0.4) is 0 Å². The number of methoxy groups -OCH3 is 1. The van der Waals surface area contributed by atoms with Crippen LogP contribution in [0.1, 0.15) is 43.1 Å². The van der Waals surface area contributed by atoms with Crippen molar-refractivity contribution in [2.75, 3.05) is 13.7 Å². The molecule has 5 heteroatoms. The number of furan rings is 1. The summed E-state index contributed by atoms with van der Waals surface area (Å²) in [5, 5.41) is 10.3. The molecule has 3 rings (SSSR count). The standard InChI is InChI=1S/C20H25NO4/c1-24-17-7-2-5-15(13-17)9-10-20(23)21-11-3-6-16(21)14-18(22)19-8-4-12-25-19/h2,4-5,7-8,12-13,16,18,22H,3,6,9-11,14H2,1H3/t16-,18-/m1/s1. The Labute approximate surface area is 148 Å². The number of benzene rings is 1. The van der Waals surface area contributed by atoms with Crippen molar-refractivity contribution in [3.05, 3.63) is 54.0 Å². The van der Waals surface area contributed by atoms with Crippen LogP contribution < -0.4 is 4.74 Å². The third-order valence-electron chi connectivity index (χ3n) is 4.83. The minimum atomic E-state index is -0.660. The normalized spacial score (nSPS) is 18.3. The summed E-state index contributed by atoms with van der Waals surface area (Å²) >= 11 is 0. The number of hydrogen-bond acceptors (Lipinski definition) is 4. The van der Waals surface area contributed by atoms with Crippen LogP contribution in [0.15, 0.2) is 47.1 Å². The van der Waals surface area contributed by atoms with E-state index in [2.05, 4.69) is 0 Å². The molecule has 2 atom stereocenters. The number of ether oxygens (including phenoxy) is 1. The van der Waals surface area contributed by atoms with Gasteiger partial charge in [0, 0.05) is 25.4 Å². The predicted octanol–water partition coefficient (Wildman–Crippen LogP) is 3.34. The lowest BCUT2D eigenvalue weighted by molar-refractivity contribution is -0.132. The van der Waals surface area contributed by atoms with Crippen LogP contribution in [0.2, 0.25) is 0 Å². The van der Waals surface area contributed by atoms with E-state index < -0.39 is 6.10 Å². The Morgan fingerprint density at radius 3 is 3.04 bits per heavy atom. The first-order chi connectivity index (χ1) is 12.2. The summed E-state index contributed by atoms with van der Waals surface area (Å²) < 4.78 is 10.5. The summed E-state index contributed by atoms with van der Waals surface area (Å²) in [5.74, 6) is 1.53. The Hall–Kier alpha value is -2.27. The fourth-order valence-electron chi connectivity index (χ4n) is 3.49. The minimum Gasteiger partial charge on any atom is -0.497 e. The third kappa shape index (κ3) is 4.42. The van der Waals surface area contributed by atoms with Gasteiger partial charge in [-0.3, -0.25) is 4.79 Å². The molecule has 134 valence electrons. The molecular formula is C20H25NO4. The molecule has 1 amide bonds. The van der Waals surface area contributed by atoms with Crippen molar-refractivity contribution in [3.63, 3.8) is 0 Å². The minimum absolute atomic E-state index is 0.0814. The molecule has 0 bridgehead atoms. The Balaban J connectivity index is 1.55. The number of carbonyl (C=O) groups is 1. The molecule has 0 aliphatic carbocycles. The molecule has 1 saturated heterocycles. The number of likely N-dealkylation sites (tertiary alicyclic amines) is 1. The molecule has 1 fully saturated rings. The summed E-state index contributed by atoms with van der Waals surface area (Å²) in [6.07, 6.45) is 4.51. The molecule has 1 aliphatic rings. The molecule has 2 heterocycles. The summed E-state index contributed by atoms with van der Waals surface area (Å²) in [4.78, 5) is 14.6. The van der Waals surface area contributed by atoms with E-state index in [0.717, 1.165) is 30.7 Å². The van der Waals surface area contributed by atoms with Crippen molar-refractivity contribution in [2.45, 2.75) is 44.2 Å². The van der Waals surface area contributed by atoms with Gasteiger partial charge in [-0.25, -0.2) is 0 Å². The van der Waals surface area contributed by atoms with Gasteiger partial charge in [-0.05, 0) is 49.1 Å². The van der Waals surface area contributed by atoms with E-state index in [1.54, 1.807) is 25.5 Å². The van der Waals surface area contributed by atoms with Crippen molar-refractivity contribution >= 4 is 5.91 Å². The first-order valence-corrected chi connectivity index (χ1v) is 8.81. The number of rotatable bonds is 7. The van der Waals surface area contributed by atoms with E-state index in [4.69, 9.17) is 9.15 Å². The third-order valence-corrected chi connectivity index (χ3v) is 4.83. The maximum absolute atomic E-state index is 12.6. The highest BCUT2D eigenvalue weighted by Gasteiger charge is 2.30. The number of carbonyl (C=O) groups excluding carboxylic acids is 1. The fraction of sp³-hybridized carbons (Fsp3) is 0.450. The van der Waals surface area contributed by atoms with Gasteiger partial charge >= 0.3 is 0 Å². The molecule has 25 heavy (non-hydrogen) atoms. The van der Waals surface area contributed by atoms with Crippen LogP contribution in [0, 0.1) is 0 Å². The Bertz CT molecular complexity index is 683. The number of aliphatic hydroxyl groups excluding tert-OH is 1. The Kier molecular flexibility index (Phi) is 5.76. The maximum atomic E-state index is 12.6. The van der Waals surface area contributed by atoms with Gasteiger partial charge in [0.05, 0.1) is 13.4 Å². The van der Waals surface area contributed by atoms with E-state index in [9.17, 15) is 9.90 Å². The second-order valence-corrected chi connectivity index (χ2v) is 6.50. The second-order valence-electron chi connectivity index (χ2n) is 6.50. The van der Waals surface area contributed by atoms with Crippen LogP contribution in [0.4, 0.5) is 0 Å². The lowest BCUT2D eigenvalue weighted by Crippen LogP contribution is -2.36. The number of hydrogen-bond donors (Lipinski definition) is 1. The van der Waals surface area contributed by atoms with Gasteiger partial charge in [0.1, 0.15) is 17.6 Å². The highest BCUT2D eigenvalue weighted by Crippen LogP contribution is 2.28.